The smallest absolute Gasteiger partial charge is 0.0320 e. The SMILES string of the molecule is C=C(/C(C)=C\C(C)=C/C)N(C)CCC(CC)C(C)C.CC. The van der Waals surface area contributed by atoms with Crippen molar-refractivity contribution in [2.75, 3.05) is 13.6 Å². The van der Waals surface area contributed by atoms with Crippen molar-refractivity contribution < 1.29 is 0 Å². The first-order valence-electron chi connectivity index (χ1n) is 8.55. The normalized spacial score (nSPS) is 13.6. The van der Waals surface area contributed by atoms with Crippen molar-refractivity contribution >= 4 is 0 Å². The third kappa shape index (κ3) is 9.55. The fraction of sp³-hybridized carbons (Fsp3) is 0.700. The molecule has 0 spiro atoms. The maximum Gasteiger partial charge on any atom is 0.0320 e. The van der Waals surface area contributed by atoms with Gasteiger partial charge in [0.15, 0.2) is 0 Å². The average Bonchev–Trinajstić information content (AvgIpc) is 2.48. The number of nitrogens with zero attached hydrogens (tertiary/aromatic N) is 1. The van der Waals surface area contributed by atoms with E-state index in [1.165, 1.54) is 24.0 Å². The summed E-state index contributed by atoms with van der Waals surface area (Å²) >= 11 is 0. The van der Waals surface area contributed by atoms with Gasteiger partial charge in [-0.15, -0.1) is 0 Å². The quantitative estimate of drug-likeness (QED) is 0.465. The minimum atomic E-state index is 0.772. The molecule has 0 aliphatic carbocycles. The van der Waals surface area contributed by atoms with Crippen LogP contribution >= 0.6 is 0 Å². The Morgan fingerprint density at radius 3 is 2.10 bits per heavy atom. The summed E-state index contributed by atoms with van der Waals surface area (Å²) in [6.07, 6.45) is 6.85. The lowest BCUT2D eigenvalue weighted by molar-refractivity contribution is 0.298. The second-order valence-corrected chi connectivity index (χ2v) is 5.93. The Labute approximate surface area is 134 Å². The molecule has 0 heterocycles. The minimum Gasteiger partial charge on any atom is -0.375 e. The molecule has 0 saturated heterocycles. The zero-order valence-electron chi connectivity index (χ0n) is 16.1. The van der Waals surface area contributed by atoms with Crippen LogP contribution in [0.1, 0.15) is 68.2 Å². The molecule has 0 aromatic carbocycles. The van der Waals surface area contributed by atoms with Gasteiger partial charge in [-0.1, -0.05) is 65.3 Å². The molecule has 0 aromatic rings. The molecule has 0 saturated carbocycles. The molecule has 1 unspecified atom stereocenters. The van der Waals surface area contributed by atoms with E-state index in [0.717, 1.165) is 24.1 Å². The van der Waals surface area contributed by atoms with Crippen LogP contribution in [0.4, 0.5) is 0 Å². The first kappa shape index (κ1) is 22.3. The van der Waals surface area contributed by atoms with Gasteiger partial charge in [0.1, 0.15) is 0 Å². The Bertz CT molecular complexity index is 334. The number of hydrogen-bond acceptors (Lipinski definition) is 1. The summed E-state index contributed by atoms with van der Waals surface area (Å²) < 4.78 is 0. The molecular weight excluding hydrogens is 254 g/mol. The number of hydrogen-bond donors (Lipinski definition) is 0. The maximum absolute atomic E-state index is 4.22. The third-order valence-corrected chi connectivity index (χ3v) is 4.12. The molecule has 0 fully saturated rings. The molecule has 0 bridgehead atoms. The van der Waals surface area contributed by atoms with E-state index in [4.69, 9.17) is 0 Å². The Kier molecular flexibility index (Phi) is 13.5. The molecular formula is C20H39N. The van der Waals surface area contributed by atoms with Crippen molar-refractivity contribution in [2.24, 2.45) is 11.8 Å². The van der Waals surface area contributed by atoms with E-state index in [-0.39, 0.29) is 0 Å². The zero-order chi connectivity index (χ0) is 17.0. The van der Waals surface area contributed by atoms with Crippen molar-refractivity contribution in [2.45, 2.75) is 68.2 Å². The molecule has 0 aliphatic heterocycles. The molecule has 1 nitrogen and oxygen atoms in total. The maximum atomic E-state index is 4.22. The zero-order valence-corrected chi connectivity index (χ0v) is 16.1. The van der Waals surface area contributed by atoms with E-state index in [1.807, 2.05) is 13.8 Å². The highest BCUT2D eigenvalue weighted by molar-refractivity contribution is 5.32. The first-order chi connectivity index (χ1) is 9.83. The van der Waals surface area contributed by atoms with Gasteiger partial charge in [-0.25, -0.2) is 0 Å². The largest absolute Gasteiger partial charge is 0.375 e. The predicted molar refractivity (Wildman–Crippen MR) is 99.5 cm³/mol. The van der Waals surface area contributed by atoms with Crippen LogP contribution in [0.3, 0.4) is 0 Å². The standard InChI is InChI=1S/C18H33N.C2H6/c1-9-15(5)13-16(6)17(7)19(8)12-11-18(10-2)14(3)4;1-2/h9,13-14,18H,7,10-12H2,1-6,8H3;1-2H3/b15-9-,16-13-;. The van der Waals surface area contributed by atoms with E-state index in [0.29, 0.717) is 0 Å². The average molecular weight is 294 g/mol. The van der Waals surface area contributed by atoms with Gasteiger partial charge in [-0.3, -0.25) is 0 Å². The fourth-order valence-corrected chi connectivity index (χ4v) is 2.31. The monoisotopic (exact) mass is 293 g/mol. The second kappa shape index (κ2) is 12.7. The number of likely N-dealkylation sites (N-methyl/N-ethyl adjacent to an activating group) is 1. The molecule has 124 valence electrons. The lowest BCUT2D eigenvalue weighted by Gasteiger charge is -2.26. The molecule has 1 atom stereocenters. The first-order valence-corrected chi connectivity index (χ1v) is 8.55. The van der Waals surface area contributed by atoms with Crippen molar-refractivity contribution in [3.05, 3.63) is 35.6 Å². The van der Waals surface area contributed by atoms with Crippen LogP contribution in [0.2, 0.25) is 0 Å². The molecule has 0 aromatic heterocycles. The second-order valence-electron chi connectivity index (χ2n) is 5.93. The third-order valence-electron chi connectivity index (χ3n) is 4.12. The molecule has 0 radical (unpaired) electrons. The Morgan fingerprint density at radius 2 is 1.71 bits per heavy atom. The number of allylic oxidation sites excluding steroid dienone is 4. The molecule has 21 heavy (non-hydrogen) atoms. The van der Waals surface area contributed by atoms with Gasteiger partial charge in [-0.2, -0.15) is 0 Å². The molecule has 0 rings (SSSR count). The van der Waals surface area contributed by atoms with Gasteiger partial charge in [-0.05, 0) is 44.6 Å². The van der Waals surface area contributed by atoms with Crippen LogP contribution in [-0.2, 0) is 0 Å². The molecule has 0 amide bonds. The van der Waals surface area contributed by atoms with E-state index < -0.39 is 0 Å². The molecule has 0 N–H and O–H groups in total. The summed E-state index contributed by atoms with van der Waals surface area (Å²) in [6.45, 7) is 22.6. The van der Waals surface area contributed by atoms with E-state index >= 15 is 0 Å². The van der Waals surface area contributed by atoms with E-state index in [1.54, 1.807) is 0 Å². The van der Waals surface area contributed by atoms with Crippen molar-refractivity contribution in [3.8, 4) is 0 Å². The number of rotatable bonds is 8. The molecule has 1 heteroatoms. The fourth-order valence-electron chi connectivity index (χ4n) is 2.31. The van der Waals surface area contributed by atoms with Gasteiger partial charge in [0.25, 0.3) is 0 Å². The summed E-state index contributed by atoms with van der Waals surface area (Å²) in [5.74, 6) is 1.59. The van der Waals surface area contributed by atoms with Crippen LogP contribution < -0.4 is 0 Å². The van der Waals surface area contributed by atoms with Gasteiger partial charge >= 0.3 is 0 Å². The minimum absolute atomic E-state index is 0.772. The van der Waals surface area contributed by atoms with Gasteiger partial charge in [0.05, 0.1) is 0 Å². The van der Waals surface area contributed by atoms with Gasteiger partial charge < -0.3 is 4.90 Å². The van der Waals surface area contributed by atoms with Crippen molar-refractivity contribution in [1.82, 2.24) is 4.90 Å². The van der Waals surface area contributed by atoms with Crippen LogP contribution in [0.5, 0.6) is 0 Å². The summed E-state index contributed by atoms with van der Waals surface area (Å²) in [5, 5.41) is 0. The Morgan fingerprint density at radius 1 is 1.19 bits per heavy atom. The van der Waals surface area contributed by atoms with Gasteiger partial charge in [0, 0.05) is 19.3 Å². The highest BCUT2D eigenvalue weighted by atomic mass is 15.1. The lowest BCUT2D eigenvalue weighted by Crippen LogP contribution is -2.22. The summed E-state index contributed by atoms with van der Waals surface area (Å²) in [6, 6.07) is 0. The van der Waals surface area contributed by atoms with Crippen molar-refractivity contribution in [3.63, 3.8) is 0 Å². The van der Waals surface area contributed by atoms with E-state index in [2.05, 4.69) is 72.2 Å². The highest BCUT2D eigenvalue weighted by Crippen LogP contribution is 2.21. The Balaban J connectivity index is 0. The van der Waals surface area contributed by atoms with Crippen LogP contribution in [-0.4, -0.2) is 18.5 Å². The van der Waals surface area contributed by atoms with Crippen LogP contribution in [0, 0.1) is 11.8 Å². The Hall–Kier alpha value is -0.980. The summed E-state index contributed by atoms with van der Waals surface area (Å²) in [4.78, 5) is 2.29. The summed E-state index contributed by atoms with van der Waals surface area (Å²) in [5.41, 5.74) is 3.69. The topological polar surface area (TPSA) is 3.24 Å². The predicted octanol–water partition coefficient (Wildman–Crippen LogP) is 6.44. The highest BCUT2D eigenvalue weighted by Gasteiger charge is 2.12. The van der Waals surface area contributed by atoms with Crippen molar-refractivity contribution in [1.29, 1.82) is 0 Å². The summed E-state index contributed by atoms with van der Waals surface area (Å²) in [7, 11) is 2.15. The van der Waals surface area contributed by atoms with E-state index in [9.17, 15) is 0 Å². The molecule has 0 aliphatic rings. The van der Waals surface area contributed by atoms with Gasteiger partial charge in [0.2, 0.25) is 0 Å². The lowest BCUT2D eigenvalue weighted by atomic mass is 9.90. The van der Waals surface area contributed by atoms with Crippen LogP contribution in [0.25, 0.3) is 0 Å². The van der Waals surface area contributed by atoms with Crippen LogP contribution in [0.15, 0.2) is 35.6 Å².